The number of unbranched alkanes of at least 4 members (excludes halogenated alkanes) is 1. The van der Waals surface area contributed by atoms with Crippen molar-refractivity contribution >= 4 is 11.8 Å². The Hall–Kier alpha value is -3.26. The standard InChI is InChI=1S/C28H38N2O6/c1-6-7-14-36-15-8-13-30-19-26(31)29(2)23(28(30)32)16-20-9-11-21(12-10-20)22-17-24(33-3)27(35-5)25(18-22)34-4/h9-12,17-18,23H,6-8,13-16,19H2,1-5H3/t23-/m0/s1. The molecule has 0 saturated carbocycles. The van der Waals surface area contributed by atoms with Crippen molar-refractivity contribution in [3.05, 3.63) is 42.0 Å². The molecular weight excluding hydrogens is 460 g/mol. The van der Waals surface area contributed by atoms with Gasteiger partial charge < -0.3 is 28.7 Å². The number of amides is 2. The van der Waals surface area contributed by atoms with Crippen LogP contribution in [0, 0.1) is 0 Å². The number of hydrogen-bond donors (Lipinski definition) is 0. The van der Waals surface area contributed by atoms with E-state index in [1.807, 2.05) is 36.4 Å². The SMILES string of the molecule is CCCCOCCCN1CC(=O)N(C)[C@@H](Cc2ccc(-c3cc(OC)c(OC)c(OC)c3)cc2)C1=O. The van der Waals surface area contributed by atoms with Crippen molar-refractivity contribution in [1.29, 1.82) is 0 Å². The highest BCUT2D eigenvalue weighted by atomic mass is 16.5. The molecule has 2 amide bonds. The molecule has 36 heavy (non-hydrogen) atoms. The Labute approximate surface area is 214 Å². The zero-order valence-electron chi connectivity index (χ0n) is 22.0. The zero-order valence-corrected chi connectivity index (χ0v) is 22.0. The Morgan fingerprint density at radius 2 is 1.53 bits per heavy atom. The fourth-order valence-electron chi connectivity index (χ4n) is 4.33. The van der Waals surface area contributed by atoms with Gasteiger partial charge in [0.2, 0.25) is 17.6 Å². The molecule has 0 N–H and O–H groups in total. The van der Waals surface area contributed by atoms with Gasteiger partial charge in [0.15, 0.2) is 11.5 Å². The van der Waals surface area contributed by atoms with Crippen molar-refractivity contribution in [1.82, 2.24) is 9.80 Å². The van der Waals surface area contributed by atoms with Crippen LogP contribution >= 0.6 is 0 Å². The van der Waals surface area contributed by atoms with Crippen molar-refractivity contribution < 1.29 is 28.5 Å². The molecule has 0 spiro atoms. The fraction of sp³-hybridized carbons (Fsp3) is 0.500. The Bertz CT molecular complexity index is 998. The number of hydrogen-bond acceptors (Lipinski definition) is 6. The van der Waals surface area contributed by atoms with Crippen molar-refractivity contribution in [2.24, 2.45) is 0 Å². The molecule has 1 aliphatic heterocycles. The smallest absolute Gasteiger partial charge is 0.246 e. The predicted octanol–water partition coefficient (Wildman–Crippen LogP) is 3.80. The number of nitrogens with zero attached hydrogens (tertiary/aromatic N) is 2. The summed E-state index contributed by atoms with van der Waals surface area (Å²) < 4.78 is 22.0. The minimum Gasteiger partial charge on any atom is -0.493 e. The maximum absolute atomic E-state index is 13.2. The quantitative estimate of drug-likeness (QED) is 0.391. The molecule has 0 unspecified atom stereocenters. The van der Waals surface area contributed by atoms with Gasteiger partial charge in [-0.3, -0.25) is 9.59 Å². The van der Waals surface area contributed by atoms with E-state index in [9.17, 15) is 9.59 Å². The Morgan fingerprint density at radius 1 is 0.889 bits per heavy atom. The number of carbonyl (C=O) groups excluding carboxylic acids is 2. The Kier molecular flexibility index (Phi) is 9.99. The maximum atomic E-state index is 13.2. The summed E-state index contributed by atoms with van der Waals surface area (Å²) >= 11 is 0. The average Bonchev–Trinajstić information content (AvgIpc) is 2.90. The molecule has 0 radical (unpaired) electrons. The predicted molar refractivity (Wildman–Crippen MR) is 139 cm³/mol. The van der Waals surface area contributed by atoms with Gasteiger partial charge in [-0.2, -0.15) is 0 Å². The second-order valence-electron chi connectivity index (χ2n) is 8.91. The number of benzene rings is 2. The van der Waals surface area contributed by atoms with Gasteiger partial charge in [-0.05, 0) is 41.7 Å². The van der Waals surface area contributed by atoms with E-state index in [0.29, 0.717) is 36.8 Å². The van der Waals surface area contributed by atoms with E-state index < -0.39 is 6.04 Å². The number of ether oxygens (including phenoxy) is 4. The van der Waals surface area contributed by atoms with E-state index in [1.54, 1.807) is 38.2 Å². The first kappa shape index (κ1) is 27.3. The highest BCUT2D eigenvalue weighted by Gasteiger charge is 2.36. The van der Waals surface area contributed by atoms with Crippen LogP contribution < -0.4 is 14.2 Å². The molecule has 8 nitrogen and oxygen atoms in total. The van der Waals surface area contributed by atoms with Crippen LogP contribution in [-0.2, 0) is 20.7 Å². The number of likely N-dealkylation sites (N-methyl/N-ethyl adjacent to an activating group) is 1. The number of piperazine rings is 1. The largest absolute Gasteiger partial charge is 0.493 e. The highest BCUT2D eigenvalue weighted by molar-refractivity contribution is 5.95. The average molecular weight is 499 g/mol. The molecule has 0 bridgehead atoms. The molecule has 2 aromatic rings. The molecule has 0 aliphatic carbocycles. The monoisotopic (exact) mass is 498 g/mol. The summed E-state index contributed by atoms with van der Waals surface area (Å²) in [6, 6.07) is 11.3. The summed E-state index contributed by atoms with van der Waals surface area (Å²) in [5.74, 6) is 1.65. The lowest BCUT2D eigenvalue weighted by atomic mass is 9.98. The normalized spacial score (nSPS) is 15.9. The minimum atomic E-state index is -0.515. The molecule has 8 heteroatoms. The van der Waals surface area contributed by atoms with Gasteiger partial charge in [0, 0.05) is 33.2 Å². The number of methoxy groups -OCH3 is 3. The van der Waals surface area contributed by atoms with Crippen LogP contribution in [-0.4, -0.2) is 82.3 Å². The van der Waals surface area contributed by atoms with Crippen molar-refractivity contribution in [3.8, 4) is 28.4 Å². The topological polar surface area (TPSA) is 77.5 Å². The van der Waals surface area contributed by atoms with Gasteiger partial charge >= 0.3 is 0 Å². The van der Waals surface area contributed by atoms with E-state index in [4.69, 9.17) is 18.9 Å². The van der Waals surface area contributed by atoms with Gasteiger partial charge in [0.05, 0.1) is 27.9 Å². The van der Waals surface area contributed by atoms with E-state index in [0.717, 1.165) is 42.6 Å². The molecule has 1 heterocycles. The third-order valence-corrected chi connectivity index (χ3v) is 6.52. The first-order chi connectivity index (χ1) is 17.4. The lowest BCUT2D eigenvalue weighted by molar-refractivity contribution is -0.154. The molecule has 1 fully saturated rings. The second-order valence-corrected chi connectivity index (χ2v) is 8.91. The van der Waals surface area contributed by atoms with Gasteiger partial charge in [0.1, 0.15) is 6.04 Å². The summed E-state index contributed by atoms with van der Waals surface area (Å²) in [4.78, 5) is 29.0. The molecule has 2 aromatic carbocycles. The Morgan fingerprint density at radius 3 is 2.11 bits per heavy atom. The highest BCUT2D eigenvalue weighted by Crippen LogP contribution is 2.41. The number of rotatable bonds is 13. The van der Waals surface area contributed by atoms with Crippen LogP contribution in [0.2, 0.25) is 0 Å². The first-order valence-corrected chi connectivity index (χ1v) is 12.4. The summed E-state index contributed by atoms with van der Waals surface area (Å²) in [5, 5.41) is 0. The summed E-state index contributed by atoms with van der Waals surface area (Å²) in [6.45, 7) is 4.11. The molecule has 1 aliphatic rings. The molecule has 0 aromatic heterocycles. The lowest BCUT2D eigenvalue weighted by Crippen LogP contribution is -2.59. The van der Waals surface area contributed by atoms with Crippen molar-refractivity contribution in [3.63, 3.8) is 0 Å². The van der Waals surface area contributed by atoms with Gasteiger partial charge in [0.25, 0.3) is 0 Å². The lowest BCUT2D eigenvalue weighted by Gasteiger charge is -2.38. The van der Waals surface area contributed by atoms with Crippen LogP contribution in [0.5, 0.6) is 17.2 Å². The van der Waals surface area contributed by atoms with Crippen LogP contribution in [0.15, 0.2) is 36.4 Å². The third-order valence-electron chi connectivity index (χ3n) is 6.52. The van der Waals surface area contributed by atoms with Crippen LogP contribution in [0.25, 0.3) is 11.1 Å². The van der Waals surface area contributed by atoms with Crippen molar-refractivity contribution in [2.75, 3.05) is 54.7 Å². The van der Waals surface area contributed by atoms with Gasteiger partial charge in [-0.15, -0.1) is 0 Å². The maximum Gasteiger partial charge on any atom is 0.246 e. The van der Waals surface area contributed by atoms with E-state index in [1.165, 1.54) is 0 Å². The summed E-state index contributed by atoms with van der Waals surface area (Å²) in [7, 11) is 6.46. The van der Waals surface area contributed by atoms with Crippen molar-refractivity contribution in [2.45, 2.75) is 38.6 Å². The van der Waals surface area contributed by atoms with E-state index in [2.05, 4.69) is 6.92 Å². The van der Waals surface area contributed by atoms with Crippen LogP contribution in [0.3, 0.4) is 0 Å². The first-order valence-electron chi connectivity index (χ1n) is 12.4. The molecule has 196 valence electrons. The van der Waals surface area contributed by atoms with Crippen LogP contribution in [0.1, 0.15) is 31.7 Å². The zero-order chi connectivity index (χ0) is 26.1. The van der Waals surface area contributed by atoms with E-state index >= 15 is 0 Å². The van der Waals surface area contributed by atoms with Crippen LogP contribution in [0.4, 0.5) is 0 Å². The number of carbonyl (C=O) groups is 2. The van der Waals surface area contributed by atoms with E-state index in [-0.39, 0.29) is 18.4 Å². The molecule has 1 saturated heterocycles. The fourth-order valence-corrected chi connectivity index (χ4v) is 4.33. The molecule has 1 atom stereocenters. The molecular formula is C28H38N2O6. The van der Waals surface area contributed by atoms with Gasteiger partial charge in [-0.1, -0.05) is 37.6 Å². The Balaban J connectivity index is 1.69. The summed E-state index contributed by atoms with van der Waals surface area (Å²) in [5.41, 5.74) is 2.88. The second kappa shape index (κ2) is 13.2. The summed E-state index contributed by atoms with van der Waals surface area (Å²) in [6.07, 6.45) is 3.31. The minimum absolute atomic E-state index is 0.0145. The molecule has 3 rings (SSSR count). The van der Waals surface area contributed by atoms with Gasteiger partial charge in [-0.25, -0.2) is 0 Å². The third kappa shape index (κ3) is 6.49.